The molecule has 3 aromatic rings. The number of para-hydroxylation sites is 1. The van der Waals surface area contributed by atoms with Gasteiger partial charge in [-0.1, -0.05) is 47.1 Å². The Bertz CT molecular complexity index is 878. The fourth-order valence-corrected chi connectivity index (χ4v) is 2.45. The zero-order valence-corrected chi connectivity index (χ0v) is 11.0. The molecule has 0 amide bonds. The van der Waals surface area contributed by atoms with Gasteiger partial charge in [-0.3, -0.25) is 0 Å². The molecule has 0 saturated heterocycles. The summed E-state index contributed by atoms with van der Waals surface area (Å²) in [4.78, 5) is 0. The number of halogens is 1. The van der Waals surface area contributed by atoms with Crippen molar-refractivity contribution in [1.29, 1.82) is 0 Å². The molecule has 0 N–H and O–H groups in total. The Morgan fingerprint density at radius 2 is 1.75 bits per heavy atom. The second kappa shape index (κ2) is 4.25. The van der Waals surface area contributed by atoms with E-state index in [0.717, 1.165) is 22.3 Å². The fourth-order valence-electron chi connectivity index (χ4n) is 2.19. The van der Waals surface area contributed by atoms with Gasteiger partial charge in [0.25, 0.3) is 0 Å². The number of aromatic nitrogens is 3. The van der Waals surface area contributed by atoms with Crippen LogP contribution in [0.1, 0.15) is 5.56 Å². The third-order valence-electron chi connectivity index (χ3n) is 3.15. The Hall–Kier alpha value is -2.53. The summed E-state index contributed by atoms with van der Waals surface area (Å²) in [5, 5.41) is 16.8. The Morgan fingerprint density at radius 1 is 0.950 bits per heavy atom. The van der Waals surface area contributed by atoms with Gasteiger partial charge in [-0.25, -0.2) is 0 Å². The van der Waals surface area contributed by atoms with Crippen molar-refractivity contribution in [3.05, 3.63) is 54.1 Å². The van der Waals surface area contributed by atoms with Crippen molar-refractivity contribution in [2.24, 2.45) is 10.2 Å². The van der Waals surface area contributed by atoms with Crippen molar-refractivity contribution in [2.45, 2.75) is 0 Å². The summed E-state index contributed by atoms with van der Waals surface area (Å²) < 4.78 is 1.58. The van der Waals surface area contributed by atoms with E-state index in [1.807, 2.05) is 48.5 Å². The summed E-state index contributed by atoms with van der Waals surface area (Å²) in [7, 11) is 0. The van der Waals surface area contributed by atoms with Gasteiger partial charge in [0.05, 0.1) is 11.2 Å². The molecule has 0 bridgehead atoms. The molecule has 96 valence electrons. The summed E-state index contributed by atoms with van der Waals surface area (Å²) >= 11 is 6.45. The molecule has 6 heteroatoms. The summed E-state index contributed by atoms with van der Waals surface area (Å²) in [6, 6.07) is 15.3. The van der Waals surface area contributed by atoms with E-state index in [4.69, 9.17) is 11.6 Å². The number of nitrogens with zero attached hydrogens (tertiary/aromatic N) is 5. The van der Waals surface area contributed by atoms with Crippen LogP contribution in [-0.2, 0) is 0 Å². The Morgan fingerprint density at radius 3 is 2.70 bits per heavy atom. The van der Waals surface area contributed by atoms with Gasteiger partial charge in [0.2, 0.25) is 0 Å². The molecule has 2 aromatic carbocycles. The first-order valence-corrected chi connectivity index (χ1v) is 6.44. The van der Waals surface area contributed by atoms with E-state index in [1.165, 1.54) is 0 Å². The molecule has 1 aliphatic rings. The van der Waals surface area contributed by atoms with Gasteiger partial charge < -0.3 is 0 Å². The van der Waals surface area contributed by atoms with Gasteiger partial charge in [-0.2, -0.15) is 4.68 Å². The molecule has 2 heterocycles. The molecule has 4 rings (SSSR count). The molecule has 0 atom stereocenters. The second-order valence-electron chi connectivity index (χ2n) is 4.35. The zero-order valence-electron chi connectivity index (χ0n) is 10.2. The van der Waals surface area contributed by atoms with Crippen molar-refractivity contribution >= 4 is 39.2 Å². The molecule has 5 nitrogen and oxygen atoms in total. The van der Waals surface area contributed by atoms with Crippen LogP contribution < -0.4 is 0 Å². The molecular weight excluding hydrogens is 274 g/mol. The van der Waals surface area contributed by atoms with Crippen LogP contribution in [0.3, 0.4) is 0 Å². The molecule has 0 spiro atoms. The van der Waals surface area contributed by atoms with Crippen molar-refractivity contribution in [3.63, 3.8) is 0 Å². The number of hydrogen-bond acceptors (Lipinski definition) is 4. The molecule has 1 aliphatic heterocycles. The summed E-state index contributed by atoms with van der Waals surface area (Å²) in [5.41, 5.74) is 3.94. The van der Waals surface area contributed by atoms with E-state index >= 15 is 0 Å². The van der Waals surface area contributed by atoms with Crippen molar-refractivity contribution < 1.29 is 0 Å². The highest BCUT2D eigenvalue weighted by Crippen LogP contribution is 2.39. The SMILES string of the molecule is Cl/C(=C1/N=Nc2ccccc21)n1nnc2ccccc21. The minimum absolute atomic E-state index is 0.396. The highest BCUT2D eigenvalue weighted by molar-refractivity contribution is 6.49. The van der Waals surface area contributed by atoms with Crippen LogP contribution in [0.15, 0.2) is 58.8 Å². The van der Waals surface area contributed by atoms with Crippen LogP contribution in [0.5, 0.6) is 0 Å². The topological polar surface area (TPSA) is 55.4 Å². The van der Waals surface area contributed by atoms with Gasteiger partial charge in [0.1, 0.15) is 11.2 Å². The Kier molecular flexibility index (Phi) is 2.40. The lowest BCUT2D eigenvalue weighted by Gasteiger charge is -2.03. The average Bonchev–Trinajstić information content (AvgIpc) is 3.11. The Labute approximate surface area is 119 Å². The van der Waals surface area contributed by atoms with Gasteiger partial charge in [-0.05, 0) is 18.2 Å². The van der Waals surface area contributed by atoms with Crippen LogP contribution in [0, 0.1) is 0 Å². The first-order chi connectivity index (χ1) is 9.84. The van der Waals surface area contributed by atoms with Gasteiger partial charge >= 0.3 is 0 Å². The largest absolute Gasteiger partial charge is 0.199 e. The third-order valence-corrected chi connectivity index (χ3v) is 3.49. The number of azo groups is 1. The van der Waals surface area contributed by atoms with E-state index in [-0.39, 0.29) is 0 Å². The molecule has 1 aromatic heterocycles. The Balaban J connectivity index is 1.95. The summed E-state index contributed by atoms with van der Waals surface area (Å²) in [5.74, 6) is 0. The fraction of sp³-hybridized carbons (Fsp3) is 0. The van der Waals surface area contributed by atoms with E-state index in [1.54, 1.807) is 4.68 Å². The van der Waals surface area contributed by atoms with Crippen LogP contribution in [0.25, 0.3) is 21.9 Å². The van der Waals surface area contributed by atoms with E-state index < -0.39 is 0 Å². The van der Waals surface area contributed by atoms with E-state index in [9.17, 15) is 0 Å². The van der Waals surface area contributed by atoms with E-state index in [2.05, 4.69) is 20.5 Å². The summed E-state index contributed by atoms with van der Waals surface area (Å²) in [6.45, 7) is 0. The third kappa shape index (κ3) is 1.57. The zero-order chi connectivity index (χ0) is 13.5. The molecule has 0 aliphatic carbocycles. The maximum absolute atomic E-state index is 6.45. The molecule has 0 unspecified atom stereocenters. The number of hydrogen-bond donors (Lipinski definition) is 0. The monoisotopic (exact) mass is 281 g/mol. The average molecular weight is 282 g/mol. The van der Waals surface area contributed by atoms with Crippen molar-refractivity contribution in [2.75, 3.05) is 0 Å². The van der Waals surface area contributed by atoms with Gasteiger partial charge in [0, 0.05) is 5.56 Å². The lowest BCUT2D eigenvalue weighted by Crippen LogP contribution is -1.96. The van der Waals surface area contributed by atoms with Gasteiger partial charge in [0.15, 0.2) is 5.16 Å². The quantitative estimate of drug-likeness (QED) is 0.675. The molecule has 20 heavy (non-hydrogen) atoms. The van der Waals surface area contributed by atoms with Crippen LogP contribution >= 0.6 is 11.6 Å². The first kappa shape index (κ1) is 11.3. The predicted molar refractivity (Wildman–Crippen MR) is 77.4 cm³/mol. The molecule has 0 saturated carbocycles. The lowest BCUT2D eigenvalue weighted by atomic mass is 10.1. The molecule has 0 fully saturated rings. The normalized spacial score (nSPS) is 15.7. The van der Waals surface area contributed by atoms with Crippen LogP contribution in [-0.4, -0.2) is 15.0 Å². The first-order valence-electron chi connectivity index (χ1n) is 6.06. The maximum atomic E-state index is 6.45. The minimum Gasteiger partial charge on any atom is -0.199 e. The van der Waals surface area contributed by atoms with Gasteiger partial charge in [-0.15, -0.1) is 15.3 Å². The van der Waals surface area contributed by atoms with Crippen molar-refractivity contribution in [3.8, 4) is 0 Å². The highest BCUT2D eigenvalue weighted by Gasteiger charge is 2.19. The molecule has 0 radical (unpaired) electrons. The van der Waals surface area contributed by atoms with E-state index in [0.29, 0.717) is 10.9 Å². The van der Waals surface area contributed by atoms with Crippen molar-refractivity contribution in [1.82, 2.24) is 15.0 Å². The van der Waals surface area contributed by atoms with Crippen LogP contribution in [0.2, 0.25) is 0 Å². The maximum Gasteiger partial charge on any atom is 0.161 e. The van der Waals surface area contributed by atoms with Crippen LogP contribution in [0.4, 0.5) is 5.69 Å². The summed E-state index contributed by atoms with van der Waals surface area (Å²) in [6.07, 6.45) is 0. The number of rotatable bonds is 1. The molecular formula is C14H8ClN5. The lowest BCUT2D eigenvalue weighted by molar-refractivity contribution is 0.853. The predicted octanol–water partition coefficient (Wildman–Crippen LogP) is 4.05. The standard InChI is InChI=1S/C14H8ClN5/c15-14(13-9-5-1-2-6-10(9)16-18-13)20-12-8-4-3-7-11(12)17-19-20/h1-8H/b14-13-. The number of benzene rings is 2. The minimum atomic E-state index is 0.396. The smallest absolute Gasteiger partial charge is 0.161 e. The highest BCUT2D eigenvalue weighted by atomic mass is 35.5. The number of fused-ring (bicyclic) bond motifs is 2. The second-order valence-corrected chi connectivity index (χ2v) is 4.70.